The van der Waals surface area contributed by atoms with Crippen LogP contribution in [0, 0.1) is 5.92 Å². The van der Waals surface area contributed by atoms with Crippen molar-refractivity contribution >= 4 is 18.0 Å². The van der Waals surface area contributed by atoms with E-state index in [4.69, 9.17) is 9.47 Å². The zero-order chi connectivity index (χ0) is 24.2. The number of alkyl carbamates (subject to hydrolysis) is 1. The van der Waals surface area contributed by atoms with Gasteiger partial charge in [0.15, 0.2) is 0 Å². The number of rotatable bonds is 7. The molecule has 1 heterocycles. The van der Waals surface area contributed by atoms with Crippen LogP contribution in [0.15, 0.2) is 48.5 Å². The molecule has 2 amide bonds. The van der Waals surface area contributed by atoms with Crippen LogP contribution >= 0.6 is 0 Å². The molecule has 8 heteroatoms. The largest absolute Gasteiger partial charge is 0.481 e. The van der Waals surface area contributed by atoms with E-state index in [0.717, 1.165) is 22.3 Å². The van der Waals surface area contributed by atoms with Crippen LogP contribution in [0.2, 0.25) is 0 Å². The number of likely N-dealkylation sites (tertiary alicyclic amines) is 1. The van der Waals surface area contributed by atoms with Crippen molar-refractivity contribution in [3.63, 3.8) is 0 Å². The Bertz CT molecular complexity index is 1030. The molecule has 34 heavy (non-hydrogen) atoms. The summed E-state index contributed by atoms with van der Waals surface area (Å²) in [6, 6.07) is 15.0. The highest BCUT2D eigenvalue weighted by molar-refractivity contribution is 5.86. The number of carbonyl (C=O) groups excluding carboxylic acids is 2. The molecule has 0 spiro atoms. The van der Waals surface area contributed by atoms with E-state index in [1.54, 1.807) is 4.90 Å². The standard InChI is InChI=1S/C26H30N2O6/c1-16-13-17(25(30)31)11-12-28(16)24(29)23(15-33-2)27-26(32)34-14-22-20-9-5-3-7-18(20)19-8-4-6-10-21(19)22/h3-10,16-17,22-23H,11-15H2,1-2H3,(H,27,32)(H,30,31). The molecule has 180 valence electrons. The van der Waals surface area contributed by atoms with E-state index in [1.165, 1.54) is 7.11 Å². The SMILES string of the molecule is COCC(NC(=O)OCC1c2ccccc2-c2ccccc21)C(=O)N1CCC(C(=O)O)CC1C. The highest BCUT2D eigenvalue weighted by Crippen LogP contribution is 2.44. The Morgan fingerprint density at radius 3 is 2.26 bits per heavy atom. The minimum Gasteiger partial charge on any atom is -0.481 e. The van der Waals surface area contributed by atoms with Gasteiger partial charge in [0.2, 0.25) is 5.91 Å². The normalized spacial score (nSPS) is 20.2. The second-order valence-electron chi connectivity index (χ2n) is 8.92. The van der Waals surface area contributed by atoms with Gasteiger partial charge in [-0.15, -0.1) is 0 Å². The van der Waals surface area contributed by atoms with E-state index in [2.05, 4.69) is 17.4 Å². The Morgan fingerprint density at radius 2 is 1.71 bits per heavy atom. The Hall–Kier alpha value is -3.39. The number of ether oxygens (including phenoxy) is 2. The molecule has 0 saturated carbocycles. The number of methoxy groups -OCH3 is 1. The molecule has 1 aliphatic heterocycles. The number of hydrogen-bond acceptors (Lipinski definition) is 5. The Labute approximate surface area is 198 Å². The number of carboxylic acids is 1. The topological polar surface area (TPSA) is 105 Å². The number of benzene rings is 2. The zero-order valence-corrected chi connectivity index (χ0v) is 19.4. The smallest absolute Gasteiger partial charge is 0.407 e. The molecule has 4 rings (SSSR count). The predicted octanol–water partition coefficient (Wildman–Crippen LogP) is 3.25. The van der Waals surface area contributed by atoms with Crippen molar-refractivity contribution in [1.29, 1.82) is 0 Å². The molecule has 0 radical (unpaired) electrons. The minimum atomic E-state index is -0.913. The predicted molar refractivity (Wildman–Crippen MR) is 125 cm³/mol. The van der Waals surface area contributed by atoms with E-state index < -0.39 is 24.0 Å². The first-order valence-corrected chi connectivity index (χ1v) is 11.5. The van der Waals surface area contributed by atoms with E-state index >= 15 is 0 Å². The van der Waals surface area contributed by atoms with E-state index in [-0.39, 0.29) is 31.1 Å². The lowest BCUT2D eigenvalue weighted by atomic mass is 9.91. The number of nitrogens with one attached hydrogen (secondary N) is 1. The van der Waals surface area contributed by atoms with Gasteiger partial charge in [-0.05, 0) is 42.0 Å². The molecule has 2 aromatic carbocycles. The molecule has 3 atom stereocenters. The molecule has 0 aromatic heterocycles. The van der Waals surface area contributed by atoms with Gasteiger partial charge in [-0.3, -0.25) is 9.59 Å². The average molecular weight is 467 g/mol. The van der Waals surface area contributed by atoms with Crippen LogP contribution in [0.3, 0.4) is 0 Å². The van der Waals surface area contributed by atoms with Gasteiger partial charge in [0.05, 0.1) is 12.5 Å². The quantitative estimate of drug-likeness (QED) is 0.649. The summed E-state index contributed by atoms with van der Waals surface area (Å²) in [6.07, 6.45) is 0.0762. The maximum Gasteiger partial charge on any atom is 0.407 e. The maximum absolute atomic E-state index is 13.1. The number of nitrogens with zero attached hydrogens (tertiary/aromatic N) is 1. The average Bonchev–Trinajstić information content (AvgIpc) is 3.15. The fourth-order valence-electron chi connectivity index (χ4n) is 5.05. The third-order valence-corrected chi connectivity index (χ3v) is 6.78. The number of carboxylic acid groups (broad SMARTS) is 1. The molecule has 2 aromatic rings. The zero-order valence-electron chi connectivity index (χ0n) is 19.4. The van der Waals surface area contributed by atoms with Gasteiger partial charge in [-0.25, -0.2) is 4.79 Å². The molecular weight excluding hydrogens is 436 g/mol. The fraction of sp³-hybridized carbons (Fsp3) is 0.423. The third kappa shape index (κ3) is 4.77. The van der Waals surface area contributed by atoms with Crippen LogP contribution in [-0.2, 0) is 19.1 Å². The highest BCUT2D eigenvalue weighted by atomic mass is 16.5. The van der Waals surface area contributed by atoms with E-state index in [1.807, 2.05) is 43.3 Å². The monoisotopic (exact) mass is 466 g/mol. The molecule has 3 unspecified atom stereocenters. The lowest BCUT2D eigenvalue weighted by Crippen LogP contribution is -2.55. The van der Waals surface area contributed by atoms with Crippen molar-refractivity contribution in [1.82, 2.24) is 10.2 Å². The van der Waals surface area contributed by atoms with Gasteiger partial charge >= 0.3 is 12.1 Å². The van der Waals surface area contributed by atoms with Crippen LogP contribution in [0.25, 0.3) is 11.1 Å². The number of hydrogen-bond donors (Lipinski definition) is 2. The first kappa shape index (κ1) is 23.8. The Kier molecular flexibility index (Phi) is 7.17. The van der Waals surface area contributed by atoms with Gasteiger partial charge in [-0.1, -0.05) is 48.5 Å². The molecule has 1 aliphatic carbocycles. The summed E-state index contributed by atoms with van der Waals surface area (Å²) in [7, 11) is 1.46. The molecule has 2 N–H and O–H groups in total. The summed E-state index contributed by atoms with van der Waals surface area (Å²) >= 11 is 0. The highest BCUT2D eigenvalue weighted by Gasteiger charge is 2.36. The number of fused-ring (bicyclic) bond motifs is 3. The number of aliphatic carboxylic acids is 1. The van der Waals surface area contributed by atoms with Gasteiger partial charge in [0.1, 0.15) is 12.6 Å². The van der Waals surface area contributed by atoms with Crippen molar-refractivity contribution in [2.75, 3.05) is 26.9 Å². The second kappa shape index (κ2) is 10.3. The van der Waals surface area contributed by atoms with Crippen LogP contribution in [0.1, 0.15) is 36.8 Å². The maximum atomic E-state index is 13.1. The fourth-order valence-corrected chi connectivity index (χ4v) is 5.05. The van der Waals surface area contributed by atoms with Crippen molar-refractivity contribution in [3.8, 4) is 11.1 Å². The van der Waals surface area contributed by atoms with Crippen LogP contribution in [0.4, 0.5) is 4.79 Å². The lowest BCUT2D eigenvalue weighted by molar-refractivity contribution is -0.148. The number of carbonyl (C=O) groups is 3. The number of amides is 2. The summed E-state index contributed by atoms with van der Waals surface area (Å²) in [5.74, 6) is -1.68. The first-order valence-electron chi connectivity index (χ1n) is 11.5. The van der Waals surface area contributed by atoms with Crippen LogP contribution in [-0.4, -0.2) is 66.9 Å². The van der Waals surface area contributed by atoms with Crippen molar-refractivity contribution in [2.45, 2.75) is 37.8 Å². The summed E-state index contributed by atoms with van der Waals surface area (Å²) in [4.78, 5) is 38.7. The Morgan fingerprint density at radius 1 is 1.09 bits per heavy atom. The van der Waals surface area contributed by atoms with Crippen LogP contribution < -0.4 is 5.32 Å². The summed E-state index contributed by atoms with van der Waals surface area (Å²) in [5.41, 5.74) is 4.49. The first-order chi connectivity index (χ1) is 16.4. The van der Waals surface area contributed by atoms with E-state index in [9.17, 15) is 19.5 Å². The summed E-state index contributed by atoms with van der Waals surface area (Å²) < 4.78 is 10.7. The van der Waals surface area contributed by atoms with Gasteiger partial charge in [-0.2, -0.15) is 0 Å². The third-order valence-electron chi connectivity index (χ3n) is 6.78. The minimum absolute atomic E-state index is 0.00535. The van der Waals surface area contributed by atoms with Gasteiger partial charge in [0, 0.05) is 25.6 Å². The second-order valence-corrected chi connectivity index (χ2v) is 8.92. The Balaban J connectivity index is 1.39. The molecule has 2 aliphatic rings. The molecule has 1 saturated heterocycles. The molecular formula is C26H30N2O6. The van der Waals surface area contributed by atoms with Crippen molar-refractivity contribution < 1.29 is 29.0 Å². The van der Waals surface area contributed by atoms with E-state index in [0.29, 0.717) is 19.4 Å². The number of piperidine rings is 1. The molecule has 0 bridgehead atoms. The summed E-state index contributed by atoms with van der Waals surface area (Å²) in [6.45, 7) is 2.29. The lowest BCUT2D eigenvalue weighted by Gasteiger charge is -2.38. The van der Waals surface area contributed by atoms with Crippen molar-refractivity contribution in [2.24, 2.45) is 5.92 Å². The summed E-state index contributed by atoms with van der Waals surface area (Å²) in [5, 5.41) is 11.9. The van der Waals surface area contributed by atoms with Gasteiger partial charge < -0.3 is 24.8 Å². The van der Waals surface area contributed by atoms with Crippen LogP contribution in [0.5, 0.6) is 0 Å². The van der Waals surface area contributed by atoms with Gasteiger partial charge in [0.25, 0.3) is 0 Å². The molecule has 1 fully saturated rings. The van der Waals surface area contributed by atoms with Crippen molar-refractivity contribution in [3.05, 3.63) is 59.7 Å². The molecule has 8 nitrogen and oxygen atoms in total.